The molecule has 2 rings (SSSR count). The molecule has 0 heterocycles. The molecule has 1 atom stereocenters. The Hall–Kier alpha value is -1.64. The first-order valence-corrected chi connectivity index (χ1v) is 5.40. The highest BCUT2D eigenvalue weighted by Crippen LogP contribution is 2.19. The van der Waals surface area contributed by atoms with Gasteiger partial charge in [-0.2, -0.15) is 0 Å². The molecule has 2 aromatic carbocycles. The van der Waals surface area contributed by atoms with E-state index in [1.165, 1.54) is 0 Å². The molecule has 1 unspecified atom stereocenters. The highest BCUT2D eigenvalue weighted by Gasteiger charge is 2.07. The third kappa shape index (κ3) is 2.30. The molecule has 0 aliphatic rings. The van der Waals surface area contributed by atoms with E-state index in [1.54, 1.807) is 0 Å². The monoisotopic (exact) mass is 212 g/mol. The summed E-state index contributed by atoms with van der Waals surface area (Å²) in [4.78, 5) is 0. The van der Waals surface area contributed by atoms with Crippen molar-refractivity contribution in [1.82, 2.24) is 0 Å². The molecule has 0 amide bonds. The number of hydrogen-bond acceptors (Lipinski definition) is 2. The summed E-state index contributed by atoms with van der Waals surface area (Å²) in [5.74, 6) is 0. The number of hydrogen-bond donors (Lipinski definition) is 2. The Morgan fingerprint density at radius 1 is 0.875 bits per heavy atom. The molecular weight excluding hydrogens is 196 g/mol. The fourth-order valence-electron chi connectivity index (χ4n) is 1.77. The van der Waals surface area contributed by atoms with Crippen LogP contribution in [0.3, 0.4) is 0 Å². The smallest absolute Gasteiger partial charge is 0.0551 e. The summed E-state index contributed by atoms with van der Waals surface area (Å²) in [6.07, 6.45) is 0. The molecule has 0 saturated carbocycles. The summed E-state index contributed by atoms with van der Waals surface area (Å²) >= 11 is 0. The van der Waals surface area contributed by atoms with Gasteiger partial charge in [-0.05, 0) is 16.7 Å². The first kappa shape index (κ1) is 10.9. The Bertz CT molecular complexity index is 451. The maximum atomic E-state index is 6.20. The van der Waals surface area contributed by atoms with E-state index in [1.807, 2.05) is 48.5 Å². The van der Waals surface area contributed by atoms with Crippen molar-refractivity contribution in [2.45, 2.75) is 12.6 Å². The Kier molecular flexibility index (Phi) is 3.34. The van der Waals surface area contributed by atoms with Crippen molar-refractivity contribution in [3.05, 3.63) is 71.3 Å². The van der Waals surface area contributed by atoms with Crippen LogP contribution in [0.5, 0.6) is 0 Å². The fourth-order valence-corrected chi connectivity index (χ4v) is 1.77. The van der Waals surface area contributed by atoms with Crippen LogP contribution in [-0.2, 0) is 6.54 Å². The van der Waals surface area contributed by atoms with Gasteiger partial charge in [0.2, 0.25) is 0 Å². The number of benzene rings is 2. The predicted molar refractivity (Wildman–Crippen MR) is 66.8 cm³/mol. The van der Waals surface area contributed by atoms with Crippen LogP contribution in [0.4, 0.5) is 0 Å². The zero-order chi connectivity index (χ0) is 11.4. The maximum Gasteiger partial charge on any atom is 0.0551 e. The van der Waals surface area contributed by atoms with Gasteiger partial charge >= 0.3 is 0 Å². The van der Waals surface area contributed by atoms with E-state index in [0.29, 0.717) is 6.54 Å². The summed E-state index contributed by atoms with van der Waals surface area (Å²) in [5.41, 5.74) is 15.2. The first-order chi connectivity index (χ1) is 7.81. The lowest BCUT2D eigenvalue weighted by molar-refractivity contribution is 0.866. The van der Waals surface area contributed by atoms with E-state index in [0.717, 1.165) is 16.7 Å². The van der Waals surface area contributed by atoms with Crippen molar-refractivity contribution in [1.29, 1.82) is 0 Å². The zero-order valence-corrected chi connectivity index (χ0v) is 9.14. The summed E-state index contributed by atoms with van der Waals surface area (Å²) in [6, 6.07) is 18.1. The Labute approximate surface area is 95.9 Å². The molecule has 0 fully saturated rings. The van der Waals surface area contributed by atoms with Crippen molar-refractivity contribution in [3.8, 4) is 0 Å². The molecule has 0 saturated heterocycles. The van der Waals surface area contributed by atoms with Crippen molar-refractivity contribution in [3.63, 3.8) is 0 Å². The van der Waals surface area contributed by atoms with Crippen molar-refractivity contribution < 1.29 is 0 Å². The number of nitrogens with two attached hydrogens (primary N) is 2. The second kappa shape index (κ2) is 4.92. The second-order valence-corrected chi connectivity index (χ2v) is 3.84. The average molecular weight is 212 g/mol. The Balaban J connectivity index is 2.30. The molecular formula is C14H16N2. The zero-order valence-electron chi connectivity index (χ0n) is 9.14. The molecule has 16 heavy (non-hydrogen) atoms. The molecule has 82 valence electrons. The topological polar surface area (TPSA) is 52.0 Å². The molecule has 0 aliphatic heterocycles. The molecule has 4 N–H and O–H groups in total. The highest BCUT2D eigenvalue weighted by atomic mass is 14.6. The average Bonchev–Trinajstić information content (AvgIpc) is 2.39. The molecule has 0 spiro atoms. The Morgan fingerprint density at radius 2 is 1.56 bits per heavy atom. The summed E-state index contributed by atoms with van der Waals surface area (Å²) in [6.45, 7) is 0.551. The largest absolute Gasteiger partial charge is 0.326 e. The van der Waals surface area contributed by atoms with Gasteiger partial charge in [-0.1, -0.05) is 54.6 Å². The van der Waals surface area contributed by atoms with Crippen LogP contribution in [0.1, 0.15) is 22.7 Å². The van der Waals surface area contributed by atoms with E-state index >= 15 is 0 Å². The van der Waals surface area contributed by atoms with E-state index in [-0.39, 0.29) is 6.04 Å². The van der Waals surface area contributed by atoms with Gasteiger partial charge in [0.05, 0.1) is 6.04 Å². The fraction of sp³-hybridized carbons (Fsp3) is 0.143. The summed E-state index contributed by atoms with van der Waals surface area (Å²) in [7, 11) is 0. The normalized spacial score (nSPS) is 12.4. The second-order valence-electron chi connectivity index (χ2n) is 3.84. The molecule has 0 aliphatic carbocycles. The SMILES string of the molecule is NCc1cccc(C(N)c2ccccc2)c1. The number of rotatable bonds is 3. The lowest BCUT2D eigenvalue weighted by Crippen LogP contribution is -2.12. The standard InChI is InChI=1S/C14H16N2/c15-10-11-5-4-8-13(9-11)14(16)12-6-2-1-3-7-12/h1-9,14H,10,15-16H2. The minimum Gasteiger partial charge on any atom is -0.326 e. The quantitative estimate of drug-likeness (QED) is 0.819. The lowest BCUT2D eigenvalue weighted by Gasteiger charge is -2.13. The van der Waals surface area contributed by atoms with Gasteiger partial charge in [0.15, 0.2) is 0 Å². The molecule has 2 nitrogen and oxygen atoms in total. The van der Waals surface area contributed by atoms with Gasteiger partial charge in [0.25, 0.3) is 0 Å². The van der Waals surface area contributed by atoms with E-state index in [4.69, 9.17) is 11.5 Å². The van der Waals surface area contributed by atoms with E-state index in [2.05, 4.69) is 6.07 Å². The van der Waals surface area contributed by atoms with Crippen molar-refractivity contribution in [2.24, 2.45) is 11.5 Å². The van der Waals surface area contributed by atoms with Crippen LogP contribution in [0.15, 0.2) is 54.6 Å². The third-order valence-corrected chi connectivity index (χ3v) is 2.70. The molecule has 2 heteroatoms. The molecule has 2 aromatic rings. The summed E-state index contributed by atoms with van der Waals surface area (Å²) in [5, 5.41) is 0. The molecule has 0 radical (unpaired) electrons. The van der Waals surface area contributed by atoms with Crippen LogP contribution < -0.4 is 11.5 Å². The first-order valence-electron chi connectivity index (χ1n) is 5.40. The Morgan fingerprint density at radius 3 is 2.25 bits per heavy atom. The maximum absolute atomic E-state index is 6.20. The molecule has 0 aromatic heterocycles. The van der Waals surface area contributed by atoms with Crippen LogP contribution in [0.2, 0.25) is 0 Å². The van der Waals surface area contributed by atoms with Crippen LogP contribution in [-0.4, -0.2) is 0 Å². The van der Waals surface area contributed by atoms with Crippen LogP contribution in [0.25, 0.3) is 0 Å². The molecule has 0 bridgehead atoms. The predicted octanol–water partition coefficient (Wildman–Crippen LogP) is 2.19. The summed E-state index contributed by atoms with van der Waals surface area (Å²) < 4.78 is 0. The van der Waals surface area contributed by atoms with Gasteiger partial charge in [0, 0.05) is 6.54 Å². The van der Waals surface area contributed by atoms with E-state index < -0.39 is 0 Å². The van der Waals surface area contributed by atoms with Crippen molar-refractivity contribution in [2.75, 3.05) is 0 Å². The van der Waals surface area contributed by atoms with Gasteiger partial charge < -0.3 is 11.5 Å². The van der Waals surface area contributed by atoms with Gasteiger partial charge in [-0.3, -0.25) is 0 Å². The van der Waals surface area contributed by atoms with Gasteiger partial charge in [-0.25, -0.2) is 0 Å². The van der Waals surface area contributed by atoms with E-state index in [9.17, 15) is 0 Å². The van der Waals surface area contributed by atoms with Gasteiger partial charge in [-0.15, -0.1) is 0 Å². The lowest BCUT2D eigenvalue weighted by atomic mass is 9.98. The van der Waals surface area contributed by atoms with Crippen LogP contribution >= 0.6 is 0 Å². The van der Waals surface area contributed by atoms with Crippen molar-refractivity contribution >= 4 is 0 Å². The minimum absolute atomic E-state index is 0.0762. The van der Waals surface area contributed by atoms with Crippen LogP contribution in [0, 0.1) is 0 Å². The van der Waals surface area contributed by atoms with Gasteiger partial charge in [0.1, 0.15) is 0 Å². The minimum atomic E-state index is -0.0762. The third-order valence-electron chi connectivity index (χ3n) is 2.70. The highest BCUT2D eigenvalue weighted by molar-refractivity contribution is 5.33.